The molecule has 0 aromatic heterocycles. The standard InChI is InChI=1S/C6H6.C4H6F3.C2H5O.O.Sn/c1-2-4-6-5-3-1;1-2-3-4(5,6)7;1-2-3;;/h1-6H;1-3H2;2H2,1H3;;/q;;-1;;+1. The summed E-state index contributed by atoms with van der Waals surface area (Å²) in [4.78, 5) is 0. The van der Waals surface area contributed by atoms with Gasteiger partial charge >= 0.3 is 76.5 Å². The fraction of sp³-hybridized carbons (Fsp3) is 0.500. The molecule has 0 heterocycles. The van der Waals surface area contributed by atoms with E-state index in [-0.39, 0.29) is 10.9 Å². The van der Waals surface area contributed by atoms with Gasteiger partial charge in [0.25, 0.3) is 0 Å². The first-order chi connectivity index (χ1) is 8.45. The molecule has 0 N–H and O–H groups in total. The minimum atomic E-state index is -4.13. The first kappa shape index (κ1) is 17.6. The predicted molar refractivity (Wildman–Crippen MR) is 64.6 cm³/mol. The van der Waals surface area contributed by atoms with Gasteiger partial charge in [-0.1, -0.05) is 36.4 Å². The molecule has 0 bridgehead atoms. The van der Waals surface area contributed by atoms with Gasteiger partial charge in [-0.25, -0.2) is 0 Å². The topological polar surface area (TPSA) is 26.3 Å². The Kier molecular flexibility index (Phi) is 10.2. The van der Waals surface area contributed by atoms with Crippen LogP contribution in [0.5, 0.6) is 0 Å². The predicted octanol–water partition coefficient (Wildman–Crippen LogP) is 3.97. The molecule has 1 aromatic rings. The van der Waals surface area contributed by atoms with E-state index < -0.39 is 32.8 Å². The van der Waals surface area contributed by atoms with Crippen molar-refractivity contribution in [2.24, 2.45) is 0 Å². The van der Waals surface area contributed by atoms with Gasteiger partial charge in [0.05, 0.1) is 0 Å². The first-order valence-electron chi connectivity index (χ1n) is 5.68. The quantitative estimate of drug-likeness (QED) is 0.735. The molecule has 0 fully saturated rings. The largest absolute Gasteiger partial charge is 0.0623 e. The molecule has 2 nitrogen and oxygen atoms in total. The molecule has 0 saturated carbocycles. The Morgan fingerprint density at radius 1 is 1.06 bits per heavy atom. The third-order valence-corrected chi connectivity index (χ3v) is 5.73. The van der Waals surface area contributed by atoms with E-state index in [0.717, 1.165) is 0 Å². The number of alkyl halides is 3. The van der Waals surface area contributed by atoms with Gasteiger partial charge < -0.3 is 0 Å². The summed E-state index contributed by atoms with van der Waals surface area (Å²) in [5.41, 5.74) is 0. The summed E-state index contributed by atoms with van der Waals surface area (Å²) in [7, 11) is 0. The molecule has 0 saturated heterocycles. The molecular weight excluding hydrogens is 352 g/mol. The normalized spacial score (nSPS) is 10.4. The van der Waals surface area contributed by atoms with Crippen LogP contribution in [0, 0.1) is 0 Å². The molecule has 6 heteroatoms. The van der Waals surface area contributed by atoms with Gasteiger partial charge in [0.2, 0.25) is 0 Å². The first-order valence-corrected chi connectivity index (χ1v) is 10.0. The summed E-state index contributed by atoms with van der Waals surface area (Å²) in [6.07, 6.45) is -5.05. The summed E-state index contributed by atoms with van der Waals surface area (Å²) in [6.45, 7) is 2.02. The second-order valence-corrected chi connectivity index (χ2v) is 7.80. The van der Waals surface area contributed by atoms with Crippen molar-refractivity contribution in [3.05, 3.63) is 36.4 Å². The van der Waals surface area contributed by atoms with Gasteiger partial charge in [0, 0.05) is 0 Å². The van der Waals surface area contributed by atoms with Crippen LogP contribution in [0.25, 0.3) is 0 Å². The molecule has 0 spiro atoms. The monoisotopic (exact) mass is 370 g/mol. The number of halogens is 3. The van der Waals surface area contributed by atoms with E-state index in [0.29, 0.717) is 6.61 Å². The molecule has 0 atom stereocenters. The minimum absolute atomic E-state index is 0.0677. The second kappa shape index (κ2) is 10.5. The van der Waals surface area contributed by atoms with E-state index >= 15 is 0 Å². The van der Waals surface area contributed by atoms with Gasteiger partial charge in [-0.3, -0.25) is 0 Å². The summed E-state index contributed by atoms with van der Waals surface area (Å²) < 4.78 is 50.4. The Hall–Kier alpha value is -0.431. The Labute approximate surface area is 113 Å². The molecular formula is C12H17F3O2Sn. The zero-order valence-corrected chi connectivity index (χ0v) is 13.1. The molecule has 102 valence electrons. The Morgan fingerprint density at radius 3 is 1.83 bits per heavy atom. The molecule has 0 aliphatic rings. The Bertz CT molecular complexity index is 288. The van der Waals surface area contributed by atoms with Crippen molar-refractivity contribution in [2.45, 2.75) is 30.4 Å². The van der Waals surface area contributed by atoms with Crippen LogP contribution in [0.3, 0.4) is 0 Å². The van der Waals surface area contributed by atoms with Crippen LogP contribution < -0.4 is 0 Å². The van der Waals surface area contributed by atoms with Gasteiger partial charge in [-0.2, -0.15) is 0 Å². The van der Waals surface area contributed by atoms with Gasteiger partial charge in [-0.15, -0.1) is 0 Å². The Morgan fingerprint density at radius 2 is 1.50 bits per heavy atom. The molecule has 1 rings (SSSR count). The van der Waals surface area contributed by atoms with E-state index in [9.17, 15) is 16.2 Å². The molecule has 1 aromatic carbocycles. The van der Waals surface area contributed by atoms with Crippen molar-refractivity contribution in [2.75, 3.05) is 6.61 Å². The average Bonchev–Trinajstić information content (AvgIpc) is 2.31. The van der Waals surface area contributed by atoms with E-state index in [1.54, 1.807) is 6.92 Å². The number of hydrogen-bond acceptors (Lipinski definition) is 2. The molecule has 0 aliphatic carbocycles. The number of benzene rings is 1. The van der Waals surface area contributed by atoms with Crippen molar-refractivity contribution in [1.82, 2.24) is 0 Å². The van der Waals surface area contributed by atoms with Crippen molar-refractivity contribution in [1.29, 1.82) is 0 Å². The number of hydrogen-bond donors (Lipinski definition) is 0. The van der Waals surface area contributed by atoms with Gasteiger partial charge in [-0.05, 0) is 0 Å². The summed E-state index contributed by atoms with van der Waals surface area (Å²) in [5, 5.41) is 0. The molecule has 0 radical (unpaired) electrons. The van der Waals surface area contributed by atoms with E-state index in [4.69, 9.17) is 3.07 Å². The summed E-state index contributed by atoms with van der Waals surface area (Å²) >= 11 is -3.05. The maximum absolute atomic E-state index is 11.6. The number of rotatable bonds is 5. The van der Waals surface area contributed by atoms with E-state index in [1.807, 2.05) is 36.4 Å². The minimum Gasteiger partial charge on any atom is -0.0623 e. The SMILES string of the molecule is CC[O][Sn](=[O])[CH2]CCC(F)(F)F.c1ccccc1. The Balaban J connectivity index is 0.000000397. The molecule has 0 amide bonds. The van der Waals surface area contributed by atoms with Crippen LogP contribution in [0.15, 0.2) is 36.4 Å². The third kappa shape index (κ3) is 13.6. The van der Waals surface area contributed by atoms with E-state index in [2.05, 4.69) is 0 Å². The molecule has 0 unspecified atom stereocenters. The maximum atomic E-state index is 11.6. The zero-order valence-electron chi connectivity index (χ0n) is 10.2. The fourth-order valence-electron chi connectivity index (χ4n) is 1.05. The van der Waals surface area contributed by atoms with Crippen molar-refractivity contribution in [3.63, 3.8) is 0 Å². The third-order valence-electron chi connectivity index (χ3n) is 1.81. The van der Waals surface area contributed by atoms with E-state index in [1.165, 1.54) is 0 Å². The molecule has 0 aliphatic heterocycles. The summed E-state index contributed by atoms with van der Waals surface area (Å²) in [5.74, 6) is 0. The van der Waals surface area contributed by atoms with Gasteiger partial charge in [0.15, 0.2) is 0 Å². The van der Waals surface area contributed by atoms with Crippen molar-refractivity contribution < 1.29 is 19.3 Å². The average molecular weight is 369 g/mol. The van der Waals surface area contributed by atoms with Crippen molar-refractivity contribution >= 4 is 20.2 Å². The summed E-state index contributed by atoms with van der Waals surface area (Å²) in [6, 6.07) is 12.0. The van der Waals surface area contributed by atoms with Crippen LogP contribution >= 0.6 is 0 Å². The van der Waals surface area contributed by atoms with Crippen LogP contribution in [0.2, 0.25) is 4.44 Å². The zero-order chi connectivity index (χ0) is 13.9. The smallest absolute Gasteiger partial charge is 0.0623 e. The fourth-order valence-corrected chi connectivity index (χ4v) is 3.71. The van der Waals surface area contributed by atoms with Crippen LogP contribution in [-0.2, 0) is 6.15 Å². The van der Waals surface area contributed by atoms with Crippen molar-refractivity contribution in [3.8, 4) is 0 Å². The van der Waals surface area contributed by atoms with Gasteiger partial charge in [0.1, 0.15) is 0 Å². The second-order valence-electron chi connectivity index (χ2n) is 3.43. The van der Waals surface area contributed by atoms with Crippen LogP contribution in [0.1, 0.15) is 19.8 Å². The van der Waals surface area contributed by atoms with Crippen LogP contribution in [-0.4, -0.2) is 32.9 Å². The maximum Gasteiger partial charge on any atom is -0.0623 e. The van der Waals surface area contributed by atoms with Crippen LogP contribution in [0.4, 0.5) is 13.2 Å². The molecule has 18 heavy (non-hydrogen) atoms.